The first kappa shape index (κ1) is 31.2. The molecule has 0 fully saturated rings. The summed E-state index contributed by atoms with van der Waals surface area (Å²) in [5, 5.41) is 2.93. The molecule has 0 saturated carbocycles. The summed E-state index contributed by atoms with van der Waals surface area (Å²) in [6.07, 6.45) is 0.735. The van der Waals surface area contributed by atoms with Gasteiger partial charge in [-0.05, 0) is 81.3 Å². The number of nitrogens with one attached hydrogen (secondary N) is 1. The predicted molar refractivity (Wildman–Crippen MR) is 161 cm³/mol. The van der Waals surface area contributed by atoms with Gasteiger partial charge in [-0.3, -0.25) is 13.9 Å². The summed E-state index contributed by atoms with van der Waals surface area (Å²) < 4.78 is 35.1. The highest BCUT2D eigenvalue weighted by Gasteiger charge is 2.32. The molecule has 0 bridgehead atoms. The lowest BCUT2D eigenvalue weighted by Crippen LogP contribution is -2.52. The molecule has 0 radical (unpaired) electrons. The lowest BCUT2D eigenvalue weighted by Gasteiger charge is -2.32. The SMILES string of the molecule is CCOc1ccc(N(CC(=O)N(Cc2cccc(Br)c2)[C@H](C)C(=O)N[C@H](C)CC)S(=O)(=O)c2ccccc2)cc1. The molecule has 0 saturated heterocycles. The standard InChI is InChI=1S/C30H36BrN3O5S/c1-5-22(3)32-30(36)23(4)33(20-24-11-10-12-25(31)19-24)29(35)21-34(26-15-17-27(18-16-26)39-6-2)40(37,38)28-13-8-7-9-14-28/h7-19,22-23H,5-6,20-21H2,1-4H3,(H,32,36)/t22-,23-/m1/s1. The second-order valence-corrected chi connectivity index (χ2v) is 12.2. The van der Waals surface area contributed by atoms with Crippen LogP contribution in [0.2, 0.25) is 0 Å². The predicted octanol–water partition coefficient (Wildman–Crippen LogP) is 5.38. The molecule has 40 heavy (non-hydrogen) atoms. The molecular formula is C30H36BrN3O5S. The van der Waals surface area contributed by atoms with E-state index in [0.29, 0.717) is 18.0 Å². The van der Waals surface area contributed by atoms with Gasteiger partial charge in [0.25, 0.3) is 10.0 Å². The lowest BCUT2D eigenvalue weighted by molar-refractivity contribution is -0.139. The Balaban J connectivity index is 2.01. The average Bonchev–Trinajstić information content (AvgIpc) is 2.95. The van der Waals surface area contributed by atoms with E-state index >= 15 is 0 Å². The fourth-order valence-corrected chi connectivity index (χ4v) is 5.89. The van der Waals surface area contributed by atoms with E-state index < -0.39 is 28.5 Å². The Hall–Kier alpha value is -3.37. The lowest BCUT2D eigenvalue weighted by atomic mass is 10.1. The molecule has 3 aromatic carbocycles. The highest BCUT2D eigenvalue weighted by molar-refractivity contribution is 9.10. The van der Waals surface area contributed by atoms with Crippen LogP contribution in [0.3, 0.4) is 0 Å². The van der Waals surface area contributed by atoms with Crippen LogP contribution in [0.5, 0.6) is 5.75 Å². The van der Waals surface area contributed by atoms with Gasteiger partial charge in [0, 0.05) is 17.1 Å². The maximum absolute atomic E-state index is 14.0. The second kappa shape index (κ2) is 14.3. The van der Waals surface area contributed by atoms with Crippen molar-refractivity contribution in [3.05, 3.63) is 88.9 Å². The van der Waals surface area contributed by atoms with Gasteiger partial charge in [-0.1, -0.05) is 53.2 Å². The first-order chi connectivity index (χ1) is 19.1. The van der Waals surface area contributed by atoms with Crippen LogP contribution >= 0.6 is 15.9 Å². The summed E-state index contributed by atoms with van der Waals surface area (Å²) in [6.45, 7) is 7.45. The number of ether oxygens (including phenoxy) is 1. The molecule has 10 heteroatoms. The van der Waals surface area contributed by atoms with Crippen molar-refractivity contribution in [3.63, 3.8) is 0 Å². The highest BCUT2D eigenvalue weighted by atomic mass is 79.9. The molecule has 0 aliphatic heterocycles. The van der Waals surface area contributed by atoms with E-state index in [9.17, 15) is 18.0 Å². The smallest absolute Gasteiger partial charge is 0.264 e. The largest absolute Gasteiger partial charge is 0.494 e. The molecule has 1 N–H and O–H groups in total. The van der Waals surface area contributed by atoms with Crippen molar-refractivity contribution in [2.45, 2.75) is 57.6 Å². The number of hydrogen-bond acceptors (Lipinski definition) is 5. The average molecular weight is 631 g/mol. The van der Waals surface area contributed by atoms with Gasteiger partial charge in [0.2, 0.25) is 11.8 Å². The van der Waals surface area contributed by atoms with Crippen LogP contribution in [0, 0.1) is 0 Å². The third-order valence-corrected chi connectivity index (χ3v) is 8.74. The van der Waals surface area contributed by atoms with Gasteiger partial charge >= 0.3 is 0 Å². The van der Waals surface area contributed by atoms with E-state index in [0.717, 1.165) is 20.8 Å². The van der Waals surface area contributed by atoms with E-state index in [2.05, 4.69) is 21.2 Å². The summed E-state index contributed by atoms with van der Waals surface area (Å²) in [6, 6.07) is 21.0. The summed E-state index contributed by atoms with van der Waals surface area (Å²) >= 11 is 3.46. The Morgan fingerprint density at radius 3 is 2.23 bits per heavy atom. The third-order valence-electron chi connectivity index (χ3n) is 6.46. The van der Waals surface area contributed by atoms with Crippen molar-refractivity contribution in [1.82, 2.24) is 10.2 Å². The maximum atomic E-state index is 14.0. The van der Waals surface area contributed by atoms with Gasteiger partial charge in [-0.2, -0.15) is 0 Å². The Morgan fingerprint density at radius 2 is 1.62 bits per heavy atom. The number of nitrogens with zero attached hydrogens (tertiary/aromatic N) is 2. The monoisotopic (exact) mass is 629 g/mol. The van der Waals surface area contributed by atoms with Gasteiger partial charge in [0.1, 0.15) is 18.3 Å². The summed E-state index contributed by atoms with van der Waals surface area (Å²) in [4.78, 5) is 28.6. The molecule has 0 aromatic heterocycles. The molecule has 0 aliphatic rings. The summed E-state index contributed by atoms with van der Waals surface area (Å²) in [5.74, 6) is -0.238. The van der Waals surface area contributed by atoms with E-state index in [1.54, 1.807) is 49.4 Å². The minimum absolute atomic E-state index is 0.0535. The van der Waals surface area contributed by atoms with Crippen LogP contribution in [0.15, 0.2) is 88.2 Å². The van der Waals surface area contributed by atoms with E-state index in [-0.39, 0.29) is 23.4 Å². The van der Waals surface area contributed by atoms with Crippen LogP contribution in [-0.4, -0.2) is 50.4 Å². The molecule has 0 unspecified atom stereocenters. The minimum atomic E-state index is -4.12. The normalized spacial score (nSPS) is 12.7. The van der Waals surface area contributed by atoms with Crippen molar-refractivity contribution >= 4 is 43.5 Å². The number of carbonyl (C=O) groups excluding carboxylic acids is 2. The van der Waals surface area contributed by atoms with Gasteiger partial charge in [-0.15, -0.1) is 0 Å². The van der Waals surface area contributed by atoms with E-state index in [4.69, 9.17) is 4.74 Å². The van der Waals surface area contributed by atoms with Crippen LogP contribution in [0.4, 0.5) is 5.69 Å². The number of carbonyl (C=O) groups is 2. The van der Waals surface area contributed by atoms with Crippen molar-refractivity contribution < 1.29 is 22.7 Å². The van der Waals surface area contributed by atoms with Crippen molar-refractivity contribution in [3.8, 4) is 5.75 Å². The zero-order valence-electron chi connectivity index (χ0n) is 23.2. The molecule has 0 spiro atoms. The first-order valence-corrected chi connectivity index (χ1v) is 15.4. The van der Waals surface area contributed by atoms with Gasteiger partial charge in [0.15, 0.2) is 0 Å². The number of rotatable bonds is 13. The molecule has 2 amide bonds. The van der Waals surface area contributed by atoms with Gasteiger partial charge in [-0.25, -0.2) is 8.42 Å². The zero-order chi connectivity index (χ0) is 29.3. The van der Waals surface area contributed by atoms with Gasteiger partial charge < -0.3 is 15.0 Å². The second-order valence-electron chi connectivity index (χ2n) is 9.40. The topological polar surface area (TPSA) is 96.0 Å². The number of sulfonamides is 1. The Kier molecular flexibility index (Phi) is 11.2. The molecule has 3 rings (SSSR count). The zero-order valence-corrected chi connectivity index (χ0v) is 25.6. The van der Waals surface area contributed by atoms with Crippen LogP contribution in [0.1, 0.15) is 39.7 Å². The summed E-state index contributed by atoms with van der Waals surface area (Å²) in [7, 11) is -4.12. The van der Waals surface area contributed by atoms with E-state index in [1.165, 1.54) is 17.0 Å². The van der Waals surface area contributed by atoms with Crippen LogP contribution in [-0.2, 0) is 26.2 Å². The Morgan fingerprint density at radius 1 is 0.950 bits per heavy atom. The number of amides is 2. The Bertz CT molecular complexity index is 1380. The van der Waals surface area contributed by atoms with Crippen molar-refractivity contribution in [2.24, 2.45) is 0 Å². The number of halogens is 1. The van der Waals surface area contributed by atoms with Crippen LogP contribution in [0.25, 0.3) is 0 Å². The minimum Gasteiger partial charge on any atom is -0.494 e. The first-order valence-electron chi connectivity index (χ1n) is 13.2. The van der Waals surface area contributed by atoms with Crippen molar-refractivity contribution in [1.29, 1.82) is 0 Å². The molecular weight excluding hydrogens is 594 g/mol. The maximum Gasteiger partial charge on any atom is 0.264 e. The van der Waals surface area contributed by atoms with E-state index in [1.807, 2.05) is 45.0 Å². The fraction of sp³-hybridized carbons (Fsp3) is 0.333. The molecule has 2 atom stereocenters. The Labute approximate surface area is 245 Å². The van der Waals surface area contributed by atoms with Crippen LogP contribution < -0.4 is 14.4 Å². The number of anilines is 1. The summed E-state index contributed by atoms with van der Waals surface area (Å²) in [5.41, 5.74) is 1.10. The number of benzene rings is 3. The molecule has 0 aliphatic carbocycles. The fourth-order valence-electron chi connectivity index (χ4n) is 4.00. The highest BCUT2D eigenvalue weighted by Crippen LogP contribution is 2.27. The van der Waals surface area contributed by atoms with Crippen molar-refractivity contribution in [2.75, 3.05) is 17.5 Å². The molecule has 3 aromatic rings. The molecule has 8 nitrogen and oxygen atoms in total. The molecule has 214 valence electrons. The quantitative estimate of drug-likeness (QED) is 0.274. The third kappa shape index (κ3) is 8.08. The van der Waals surface area contributed by atoms with Gasteiger partial charge in [0.05, 0.1) is 17.2 Å². The number of hydrogen-bond donors (Lipinski definition) is 1. The molecule has 0 heterocycles.